The van der Waals surface area contributed by atoms with Crippen molar-refractivity contribution in [3.05, 3.63) is 59.4 Å². The minimum absolute atomic E-state index is 0.261. The Balaban J connectivity index is 2.22. The largest absolute Gasteiger partial charge is 0.454 e. The average Bonchev–Trinajstić information content (AvgIpc) is 2.36. The fourth-order valence-corrected chi connectivity index (χ4v) is 1.85. The maximum absolute atomic E-state index is 13.7. The molecule has 88 valence electrons. The molecule has 0 N–H and O–H groups in total. The van der Waals surface area contributed by atoms with Gasteiger partial charge in [-0.2, -0.15) is 0 Å². The van der Waals surface area contributed by atoms with Crippen LogP contribution in [0, 0.1) is 12.7 Å². The maximum atomic E-state index is 13.7. The SMILES string of the molecule is Cc1cccc(Oc2ccc(CBr)cc2)c1F. The van der Waals surface area contributed by atoms with Crippen molar-refractivity contribution < 1.29 is 9.13 Å². The second-order valence-electron chi connectivity index (χ2n) is 3.77. The lowest BCUT2D eigenvalue weighted by atomic mass is 10.2. The van der Waals surface area contributed by atoms with Gasteiger partial charge in [-0.25, -0.2) is 4.39 Å². The first-order chi connectivity index (χ1) is 8.20. The first-order valence-corrected chi connectivity index (χ1v) is 6.40. The molecule has 2 rings (SSSR count). The minimum atomic E-state index is -0.308. The number of ether oxygens (including phenoxy) is 1. The Morgan fingerprint density at radius 3 is 2.47 bits per heavy atom. The first-order valence-electron chi connectivity index (χ1n) is 5.28. The molecule has 17 heavy (non-hydrogen) atoms. The Morgan fingerprint density at radius 2 is 1.82 bits per heavy atom. The Hall–Kier alpha value is -1.35. The van der Waals surface area contributed by atoms with Gasteiger partial charge in [0.2, 0.25) is 0 Å². The van der Waals surface area contributed by atoms with E-state index in [1.54, 1.807) is 25.1 Å². The van der Waals surface area contributed by atoms with Crippen LogP contribution >= 0.6 is 15.9 Å². The molecule has 0 fully saturated rings. The molecule has 0 spiro atoms. The lowest BCUT2D eigenvalue weighted by Crippen LogP contribution is -1.90. The monoisotopic (exact) mass is 294 g/mol. The molecule has 0 aliphatic heterocycles. The summed E-state index contributed by atoms with van der Waals surface area (Å²) in [6.45, 7) is 1.72. The number of rotatable bonds is 3. The quantitative estimate of drug-likeness (QED) is 0.737. The van der Waals surface area contributed by atoms with Crippen LogP contribution in [0.2, 0.25) is 0 Å². The predicted molar refractivity (Wildman–Crippen MR) is 70.3 cm³/mol. The third-order valence-electron chi connectivity index (χ3n) is 2.46. The highest BCUT2D eigenvalue weighted by atomic mass is 79.9. The molecule has 0 aromatic heterocycles. The molecule has 1 nitrogen and oxygen atoms in total. The van der Waals surface area contributed by atoms with Gasteiger partial charge in [0.15, 0.2) is 11.6 Å². The predicted octanol–water partition coefficient (Wildman–Crippen LogP) is 4.82. The summed E-state index contributed by atoms with van der Waals surface area (Å²) in [7, 11) is 0. The van der Waals surface area contributed by atoms with E-state index in [2.05, 4.69) is 15.9 Å². The van der Waals surface area contributed by atoms with Crippen LogP contribution in [0.3, 0.4) is 0 Å². The molecule has 0 amide bonds. The van der Waals surface area contributed by atoms with Gasteiger partial charge in [-0.05, 0) is 36.2 Å². The number of hydrogen-bond acceptors (Lipinski definition) is 1. The van der Waals surface area contributed by atoms with E-state index in [-0.39, 0.29) is 11.6 Å². The molecule has 0 heterocycles. The van der Waals surface area contributed by atoms with E-state index in [0.717, 1.165) is 10.9 Å². The number of alkyl halides is 1. The Labute approximate surface area is 108 Å². The van der Waals surface area contributed by atoms with Crippen LogP contribution < -0.4 is 4.74 Å². The summed E-state index contributed by atoms with van der Waals surface area (Å²) in [5.74, 6) is 0.591. The Morgan fingerprint density at radius 1 is 1.12 bits per heavy atom. The van der Waals surface area contributed by atoms with Crippen molar-refractivity contribution in [1.82, 2.24) is 0 Å². The van der Waals surface area contributed by atoms with E-state index in [0.29, 0.717) is 11.3 Å². The van der Waals surface area contributed by atoms with E-state index < -0.39 is 0 Å². The average molecular weight is 295 g/mol. The van der Waals surface area contributed by atoms with Gasteiger partial charge in [0.25, 0.3) is 0 Å². The van der Waals surface area contributed by atoms with E-state index in [4.69, 9.17) is 4.74 Å². The summed E-state index contributed by atoms with van der Waals surface area (Å²) < 4.78 is 19.2. The highest BCUT2D eigenvalue weighted by Crippen LogP contribution is 2.26. The molecular weight excluding hydrogens is 283 g/mol. The fourth-order valence-electron chi connectivity index (χ4n) is 1.47. The highest BCUT2D eigenvalue weighted by Gasteiger charge is 2.06. The van der Waals surface area contributed by atoms with Gasteiger partial charge in [0.05, 0.1) is 0 Å². The van der Waals surface area contributed by atoms with Crippen molar-refractivity contribution in [2.75, 3.05) is 0 Å². The summed E-state index contributed by atoms with van der Waals surface area (Å²) in [5.41, 5.74) is 1.74. The summed E-state index contributed by atoms with van der Waals surface area (Å²) in [4.78, 5) is 0. The van der Waals surface area contributed by atoms with Crippen LogP contribution in [0.1, 0.15) is 11.1 Å². The summed E-state index contributed by atoms with van der Waals surface area (Å²) >= 11 is 3.37. The molecule has 0 aliphatic rings. The van der Waals surface area contributed by atoms with E-state index >= 15 is 0 Å². The number of halogens is 2. The van der Waals surface area contributed by atoms with Crippen LogP contribution in [-0.4, -0.2) is 0 Å². The molecule has 2 aromatic rings. The standard InChI is InChI=1S/C14H12BrFO/c1-10-3-2-4-13(14(10)16)17-12-7-5-11(9-15)6-8-12/h2-8H,9H2,1H3. The Kier molecular flexibility index (Phi) is 3.79. The third-order valence-corrected chi connectivity index (χ3v) is 3.11. The molecule has 0 atom stereocenters. The summed E-state index contributed by atoms with van der Waals surface area (Å²) in [5, 5.41) is 0.798. The zero-order valence-corrected chi connectivity index (χ0v) is 11.0. The van der Waals surface area contributed by atoms with Crippen molar-refractivity contribution in [1.29, 1.82) is 0 Å². The van der Waals surface area contributed by atoms with Crippen molar-refractivity contribution in [2.45, 2.75) is 12.3 Å². The molecule has 0 bridgehead atoms. The number of aryl methyl sites for hydroxylation is 1. The molecule has 3 heteroatoms. The van der Waals surface area contributed by atoms with Gasteiger partial charge in [-0.1, -0.05) is 40.2 Å². The van der Waals surface area contributed by atoms with Gasteiger partial charge in [0.1, 0.15) is 5.75 Å². The van der Waals surface area contributed by atoms with Crippen molar-refractivity contribution in [2.24, 2.45) is 0 Å². The number of hydrogen-bond donors (Lipinski definition) is 0. The molecular formula is C14H12BrFO. The van der Waals surface area contributed by atoms with Crippen LogP contribution in [0.5, 0.6) is 11.5 Å². The van der Waals surface area contributed by atoms with Gasteiger partial charge < -0.3 is 4.74 Å². The zero-order chi connectivity index (χ0) is 12.3. The molecule has 0 saturated carbocycles. The van der Waals surface area contributed by atoms with E-state index in [1.165, 1.54) is 0 Å². The van der Waals surface area contributed by atoms with Gasteiger partial charge in [-0.3, -0.25) is 0 Å². The van der Waals surface area contributed by atoms with Crippen LogP contribution in [0.4, 0.5) is 4.39 Å². The smallest absolute Gasteiger partial charge is 0.168 e. The third kappa shape index (κ3) is 2.86. The van der Waals surface area contributed by atoms with Gasteiger partial charge in [0, 0.05) is 5.33 Å². The van der Waals surface area contributed by atoms with Crippen molar-refractivity contribution >= 4 is 15.9 Å². The minimum Gasteiger partial charge on any atom is -0.454 e. The summed E-state index contributed by atoms with van der Waals surface area (Å²) in [6, 6.07) is 12.7. The lowest BCUT2D eigenvalue weighted by Gasteiger charge is -2.08. The van der Waals surface area contributed by atoms with E-state index in [1.807, 2.05) is 24.3 Å². The summed E-state index contributed by atoms with van der Waals surface area (Å²) in [6.07, 6.45) is 0. The molecule has 0 unspecified atom stereocenters. The van der Waals surface area contributed by atoms with Crippen molar-refractivity contribution in [3.63, 3.8) is 0 Å². The fraction of sp³-hybridized carbons (Fsp3) is 0.143. The second kappa shape index (κ2) is 5.32. The topological polar surface area (TPSA) is 9.23 Å². The van der Waals surface area contributed by atoms with Crippen molar-refractivity contribution in [3.8, 4) is 11.5 Å². The number of benzene rings is 2. The van der Waals surface area contributed by atoms with Gasteiger partial charge >= 0.3 is 0 Å². The zero-order valence-electron chi connectivity index (χ0n) is 9.41. The first kappa shape index (κ1) is 12.1. The molecule has 0 aliphatic carbocycles. The van der Waals surface area contributed by atoms with Gasteiger partial charge in [-0.15, -0.1) is 0 Å². The molecule has 2 aromatic carbocycles. The second-order valence-corrected chi connectivity index (χ2v) is 4.33. The van der Waals surface area contributed by atoms with E-state index in [9.17, 15) is 4.39 Å². The lowest BCUT2D eigenvalue weighted by molar-refractivity contribution is 0.440. The normalized spacial score (nSPS) is 10.3. The maximum Gasteiger partial charge on any atom is 0.168 e. The molecule has 0 radical (unpaired) electrons. The highest BCUT2D eigenvalue weighted by molar-refractivity contribution is 9.08. The Bertz CT molecular complexity index is 508. The van der Waals surface area contributed by atoms with Crippen LogP contribution in [0.25, 0.3) is 0 Å². The molecule has 0 saturated heterocycles. The van der Waals surface area contributed by atoms with Crippen LogP contribution in [-0.2, 0) is 5.33 Å². The van der Waals surface area contributed by atoms with Crippen LogP contribution in [0.15, 0.2) is 42.5 Å².